The van der Waals surface area contributed by atoms with Crippen molar-refractivity contribution in [3.63, 3.8) is 0 Å². The second-order valence-corrected chi connectivity index (χ2v) is 6.16. The first-order valence-corrected chi connectivity index (χ1v) is 8.56. The number of amides is 2. The number of nitrogens with two attached hydrogens (primary N) is 1. The van der Waals surface area contributed by atoms with E-state index in [0.717, 1.165) is 0 Å². The normalized spacial score (nSPS) is 11.9. The standard InChI is InChI=1S/C17H26ClN3O4/c1-4-24-7-8-25-14-6-5-12(18)9-13(14)21-15(22)10-20-17(23)16(19)11(2)3/h5-6,9,11,16H,4,7-8,10,19H2,1-3H3,(H,20,23)(H,21,22)/t16-/m0/s1. The molecule has 8 heteroatoms. The molecule has 0 saturated carbocycles. The van der Waals surface area contributed by atoms with E-state index in [-0.39, 0.29) is 18.4 Å². The number of hydrogen-bond donors (Lipinski definition) is 3. The molecule has 1 atom stereocenters. The van der Waals surface area contributed by atoms with Gasteiger partial charge in [-0.25, -0.2) is 0 Å². The number of rotatable bonds is 10. The maximum absolute atomic E-state index is 12.1. The number of hydrogen-bond acceptors (Lipinski definition) is 5. The molecule has 0 aliphatic carbocycles. The van der Waals surface area contributed by atoms with E-state index in [1.54, 1.807) is 18.2 Å². The third-order valence-electron chi connectivity index (χ3n) is 3.35. The van der Waals surface area contributed by atoms with Gasteiger partial charge in [0, 0.05) is 11.6 Å². The summed E-state index contributed by atoms with van der Waals surface area (Å²) in [5, 5.41) is 5.64. The van der Waals surface area contributed by atoms with Crippen molar-refractivity contribution >= 4 is 29.1 Å². The van der Waals surface area contributed by atoms with Gasteiger partial charge in [0.15, 0.2) is 0 Å². The van der Waals surface area contributed by atoms with Gasteiger partial charge in [-0.3, -0.25) is 9.59 Å². The zero-order chi connectivity index (χ0) is 18.8. The van der Waals surface area contributed by atoms with Crippen molar-refractivity contribution in [2.45, 2.75) is 26.8 Å². The lowest BCUT2D eigenvalue weighted by atomic mass is 10.1. The molecule has 25 heavy (non-hydrogen) atoms. The predicted octanol–water partition coefficient (Wildman–Crippen LogP) is 1.79. The van der Waals surface area contributed by atoms with Crippen LogP contribution in [0.25, 0.3) is 0 Å². The number of halogens is 1. The van der Waals surface area contributed by atoms with Gasteiger partial charge in [-0.15, -0.1) is 0 Å². The average Bonchev–Trinajstić information content (AvgIpc) is 2.57. The summed E-state index contributed by atoms with van der Waals surface area (Å²) < 4.78 is 10.8. The first-order chi connectivity index (χ1) is 11.8. The summed E-state index contributed by atoms with van der Waals surface area (Å²) >= 11 is 5.97. The molecular weight excluding hydrogens is 346 g/mol. The molecular formula is C17H26ClN3O4. The van der Waals surface area contributed by atoms with E-state index in [1.165, 1.54) is 0 Å². The van der Waals surface area contributed by atoms with Gasteiger partial charge in [0.2, 0.25) is 11.8 Å². The van der Waals surface area contributed by atoms with Gasteiger partial charge < -0.3 is 25.8 Å². The Kier molecular flexibility index (Phi) is 9.26. The van der Waals surface area contributed by atoms with Crippen molar-refractivity contribution in [3.8, 4) is 5.75 Å². The fourth-order valence-corrected chi connectivity index (χ4v) is 2.04. The van der Waals surface area contributed by atoms with Crippen molar-refractivity contribution in [2.75, 3.05) is 31.7 Å². The Labute approximate surface area is 153 Å². The topological polar surface area (TPSA) is 103 Å². The molecule has 0 fully saturated rings. The third kappa shape index (κ3) is 7.72. The van der Waals surface area contributed by atoms with Crippen LogP contribution in [0.4, 0.5) is 5.69 Å². The summed E-state index contributed by atoms with van der Waals surface area (Å²) in [5.41, 5.74) is 6.16. The third-order valence-corrected chi connectivity index (χ3v) is 3.58. The summed E-state index contributed by atoms with van der Waals surface area (Å²) in [4.78, 5) is 23.8. The van der Waals surface area contributed by atoms with Gasteiger partial charge in [0.25, 0.3) is 0 Å². The van der Waals surface area contributed by atoms with Gasteiger partial charge in [0.05, 0.1) is 24.9 Å². The van der Waals surface area contributed by atoms with E-state index in [4.69, 9.17) is 26.8 Å². The summed E-state index contributed by atoms with van der Waals surface area (Å²) in [6, 6.07) is 4.25. The van der Waals surface area contributed by atoms with Crippen LogP contribution in [0.3, 0.4) is 0 Å². The molecule has 0 unspecified atom stereocenters. The van der Waals surface area contributed by atoms with Crippen LogP contribution in [0.5, 0.6) is 5.75 Å². The quantitative estimate of drug-likeness (QED) is 0.544. The minimum Gasteiger partial charge on any atom is -0.489 e. The van der Waals surface area contributed by atoms with Crippen LogP contribution in [0.15, 0.2) is 18.2 Å². The molecule has 7 nitrogen and oxygen atoms in total. The van der Waals surface area contributed by atoms with Crippen LogP contribution in [-0.2, 0) is 14.3 Å². The molecule has 1 rings (SSSR count). The Balaban J connectivity index is 2.60. The smallest absolute Gasteiger partial charge is 0.243 e. The Bertz CT molecular complexity index is 581. The van der Waals surface area contributed by atoms with Crippen LogP contribution in [0.2, 0.25) is 5.02 Å². The Morgan fingerprint density at radius 1 is 1.28 bits per heavy atom. The number of benzene rings is 1. The zero-order valence-corrected chi connectivity index (χ0v) is 15.6. The van der Waals surface area contributed by atoms with E-state index in [0.29, 0.717) is 36.3 Å². The van der Waals surface area contributed by atoms with Gasteiger partial charge in [-0.1, -0.05) is 25.4 Å². The van der Waals surface area contributed by atoms with Crippen molar-refractivity contribution < 1.29 is 19.1 Å². The first-order valence-electron chi connectivity index (χ1n) is 8.18. The van der Waals surface area contributed by atoms with Crippen LogP contribution in [0.1, 0.15) is 20.8 Å². The van der Waals surface area contributed by atoms with E-state index >= 15 is 0 Å². The lowest BCUT2D eigenvalue weighted by molar-refractivity contribution is -0.125. The van der Waals surface area contributed by atoms with Crippen LogP contribution >= 0.6 is 11.6 Å². The number of anilines is 1. The highest BCUT2D eigenvalue weighted by atomic mass is 35.5. The number of ether oxygens (including phenoxy) is 2. The zero-order valence-electron chi connectivity index (χ0n) is 14.8. The Hall–Kier alpha value is -1.83. The lowest BCUT2D eigenvalue weighted by Gasteiger charge is -2.16. The highest BCUT2D eigenvalue weighted by Gasteiger charge is 2.18. The monoisotopic (exact) mass is 371 g/mol. The molecule has 0 radical (unpaired) electrons. The molecule has 1 aromatic carbocycles. The molecule has 0 spiro atoms. The molecule has 4 N–H and O–H groups in total. The minimum atomic E-state index is -0.656. The Morgan fingerprint density at radius 3 is 2.64 bits per heavy atom. The molecule has 0 aliphatic heterocycles. The molecule has 140 valence electrons. The van der Waals surface area contributed by atoms with Crippen LogP contribution in [-0.4, -0.2) is 44.2 Å². The van der Waals surface area contributed by atoms with Crippen molar-refractivity contribution in [1.82, 2.24) is 5.32 Å². The highest BCUT2D eigenvalue weighted by Crippen LogP contribution is 2.28. The highest BCUT2D eigenvalue weighted by molar-refractivity contribution is 6.31. The molecule has 1 aromatic rings. The molecule has 0 aliphatic rings. The maximum Gasteiger partial charge on any atom is 0.243 e. The van der Waals surface area contributed by atoms with E-state index in [1.807, 2.05) is 20.8 Å². The van der Waals surface area contributed by atoms with Gasteiger partial charge in [-0.2, -0.15) is 0 Å². The SMILES string of the molecule is CCOCCOc1ccc(Cl)cc1NC(=O)CNC(=O)[C@@H](N)C(C)C. The predicted molar refractivity (Wildman–Crippen MR) is 97.9 cm³/mol. The Morgan fingerprint density at radius 2 is 2.00 bits per heavy atom. The van der Waals surface area contributed by atoms with Gasteiger partial charge in [0.1, 0.15) is 12.4 Å². The summed E-state index contributed by atoms with van der Waals surface area (Å²) in [6.45, 7) is 6.77. The number of nitrogens with one attached hydrogen (secondary N) is 2. The van der Waals surface area contributed by atoms with Crippen LogP contribution in [0, 0.1) is 5.92 Å². The van der Waals surface area contributed by atoms with Crippen molar-refractivity contribution in [2.24, 2.45) is 11.7 Å². The fraction of sp³-hybridized carbons (Fsp3) is 0.529. The average molecular weight is 372 g/mol. The molecule has 0 aromatic heterocycles. The van der Waals surface area contributed by atoms with Crippen molar-refractivity contribution in [3.05, 3.63) is 23.2 Å². The first kappa shape index (κ1) is 21.2. The molecule has 0 bridgehead atoms. The fourth-order valence-electron chi connectivity index (χ4n) is 1.86. The summed E-state index contributed by atoms with van der Waals surface area (Å²) in [5.74, 6) is -0.311. The van der Waals surface area contributed by atoms with Gasteiger partial charge in [-0.05, 0) is 31.0 Å². The lowest BCUT2D eigenvalue weighted by Crippen LogP contribution is -2.46. The molecule has 2 amide bonds. The minimum absolute atomic E-state index is 0.0127. The summed E-state index contributed by atoms with van der Waals surface area (Å²) in [6.07, 6.45) is 0. The maximum atomic E-state index is 12.1. The molecule has 0 heterocycles. The summed E-state index contributed by atoms with van der Waals surface area (Å²) in [7, 11) is 0. The van der Waals surface area contributed by atoms with Crippen LogP contribution < -0.4 is 21.1 Å². The molecule has 0 saturated heterocycles. The number of carbonyl (C=O) groups is 2. The van der Waals surface area contributed by atoms with E-state index < -0.39 is 11.9 Å². The second kappa shape index (κ2) is 10.9. The van der Waals surface area contributed by atoms with Gasteiger partial charge >= 0.3 is 0 Å². The van der Waals surface area contributed by atoms with E-state index in [9.17, 15) is 9.59 Å². The van der Waals surface area contributed by atoms with Crippen molar-refractivity contribution in [1.29, 1.82) is 0 Å². The second-order valence-electron chi connectivity index (χ2n) is 5.72. The number of carbonyl (C=O) groups excluding carboxylic acids is 2. The van der Waals surface area contributed by atoms with E-state index in [2.05, 4.69) is 10.6 Å². The largest absolute Gasteiger partial charge is 0.489 e.